The quantitative estimate of drug-likeness (QED) is 0.850. The van der Waals surface area contributed by atoms with Crippen molar-refractivity contribution in [3.8, 4) is 0 Å². The number of hydrogen-bond acceptors (Lipinski definition) is 3. The second-order valence-electron chi connectivity index (χ2n) is 4.46. The van der Waals surface area contributed by atoms with Crippen molar-refractivity contribution in [3.63, 3.8) is 0 Å². The number of carbonyl (C=O) groups is 2. The van der Waals surface area contributed by atoms with Gasteiger partial charge in [-0.15, -0.1) is 0 Å². The van der Waals surface area contributed by atoms with Crippen LogP contribution in [0.15, 0.2) is 51.6 Å². The molecule has 106 valence electrons. The van der Waals surface area contributed by atoms with Gasteiger partial charge in [0.05, 0.1) is 11.4 Å². The fourth-order valence-corrected chi connectivity index (χ4v) is 2.41. The lowest BCUT2D eigenvalue weighted by Crippen LogP contribution is -2.41. The summed E-state index contributed by atoms with van der Waals surface area (Å²) in [6.45, 7) is 0.00202. The number of furan rings is 1. The van der Waals surface area contributed by atoms with E-state index in [2.05, 4.69) is 21.2 Å². The molecule has 21 heavy (non-hydrogen) atoms. The van der Waals surface area contributed by atoms with Crippen molar-refractivity contribution < 1.29 is 14.0 Å². The minimum absolute atomic E-state index is 0.00202. The van der Waals surface area contributed by atoms with Crippen LogP contribution in [0.1, 0.15) is 5.76 Å². The summed E-state index contributed by atoms with van der Waals surface area (Å²) in [5.74, 6) is 0.0750. The average molecular weight is 347 g/mol. The predicted octanol–water partition coefficient (Wildman–Crippen LogP) is 3.04. The van der Waals surface area contributed by atoms with Gasteiger partial charge in [-0.05, 0) is 46.3 Å². The molecule has 5 nitrogen and oxygen atoms in total. The van der Waals surface area contributed by atoms with Gasteiger partial charge in [-0.1, -0.05) is 12.1 Å². The van der Waals surface area contributed by atoms with E-state index in [4.69, 9.17) is 4.42 Å². The molecule has 3 rings (SSSR count). The number of fused-ring (bicyclic) bond motifs is 1. The van der Waals surface area contributed by atoms with Crippen LogP contribution in [0.4, 0.5) is 11.4 Å². The first-order valence-corrected chi connectivity index (χ1v) is 7.06. The van der Waals surface area contributed by atoms with Gasteiger partial charge in [0, 0.05) is 6.08 Å². The molecule has 0 saturated carbocycles. The zero-order chi connectivity index (χ0) is 14.8. The molecule has 6 heteroatoms. The van der Waals surface area contributed by atoms with Crippen molar-refractivity contribution in [2.24, 2.45) is 0 Å². The molecule has 1 aromatic carbocycles. The molecule has 0 unspecified atom stereocenters. The van der Waals surface area contributed by atoms with Crippen molar-refractivity contribution in [2.75, 3.05) is 16.8 Å². The highest BCUT2D eigenvalue weighted by Gasteiger charge is 2.25. The molecule has 0 bridgehead atoms. The average Bonchev–Trinajstić information content (AvgIpc) is 2.89. The molecular formula is C15H11BrN2O3. The Kier molecular flexibility index (Phi) is 3.62. The molecule has 2 aromatic rings. The molecule has 2 amide bonds. The smallest absolute Gasteiger partial charge is 0.251 e. The van der Waals surface area contributed by atoms with E-state index in [-0.39, 0.29) is 18.4 Å². The highest BCUT2D eigenvalue weighted by molar-refractivity contribution is 9.10. The van der Waals surface area contributed by atoms with Gasteiger partial charge < -0.3 is 9.73 Å². The molecule has 1 aliphatic rings. The molecule has 0 aliphatic carbocycles. The largest absolute Gasteiger partial charge is 0.450 e. The number of halogens is 1. The van der Waals surface area contributed by atoms with Crippen LogP contribution in [0.5, 0.6) is 0 Å². The van der Waals surface area contributed by atoms with Crippen LogP contribution >= 0.6 is 15.9 Å². The Hall–Kier alpha value is -2.34. The summed E-state index contributed by atoms with van der Waals surface area (Å²) in [4.78, 5) is 25.4. The number of rotatable bonds is 2. The molecule has 0 atom stereocenters. The summed E-state index contributed by atoms with van der Waals surface area (Å²) < 4.78 is 5.89. The van der Waals surface area contributed by atoms with E-state index in [0.717, 1.165) is 0 Å². The Morgan fingerprint density at radius 2 is 2.10 bits per heavy atom. The molecule has 1 aliphatic heterocycles. The summed E-state index contributed by atoms with van der Waals surface area (Å²) >= 11 is 3.20. The van der Waals surface area contributed by atoms with Crippen LogP contribution in [0.2, 0.25) is 0 Å². The molecular weight excluding hydrogens is 336 g/mol. The number of nitrogens with zero attached hydrogens (tertiary/aromatic N) is 1. The van der Waals surface area contributed by atoms with Crippen molar-refractivity contribution in [2.45, 2.75) is 0 Å². The van der Waals surface area contributed by atoms with Gasteiger partial charge >= 0.3 is 0 Å². The Bertz CT molecular complexity index is 736. The third-order valence-electron chi connectivity index (χ3n) is 3.02. The van der Waals surface area contributed by atoms with Gasteiger partial charge in [-0.2, -0.15) is 0 Å². The predicted molar refractivity (Wildman–Crippen MR) is 82.9 cm³/mol. The van der Waals surface area contributed by atoms with Crippen molar-refractivity contribution in [1.29, 1.82) is 0 Å². The van der Waals surface area contributed by atoms with Gasteiger partial charge in [0.2, 0.25) is 5.91 Å². The first-order valence-electron chi connectivity index (χ1n) is 6.27. The number of hydrogen-bond donors (Lipinski definition) is 1. The van der Waals surface area contributed by atoms with E-state index in [0.29, 0.717) is 21.8 Å². The van der Waals surface area contributed by atoms with Crippen LogP contribution in [0.3, 0.4) is 0 Å². The van der Waals surface area contributed by atoms with E-state index >= 15 is 0 Å². The van der Waals surface area contributed by atoms with Gasteiger partial charge in [0.25, 0.3) is 5.91 Å². The molecule has 1 N–H and O–H groups in total. The Morgan fingerprint density at radius 3 is 2.86 bits per heavy atom. The van der Waals surface area contributed by atoms with Crippen LogP contribution in [0.25, 0.3) is 6.08 Å². The zero-order valence-electron chi connectivity index (χ0n) is 10.9. The molecule has 1 aromatic heterocycles. The second-order valence-corrected chi connectivity index (χ2v) is 5.25. The summed E-state index contributed by atoms with van der Waals surface area (Å²) in [6.07, 6.45) is 2.96. The number of nitrogens with one attached hydrogen (secondary N) is 1. The number of carbonyl (C=O) groups excluding carboxylic acids is 2. The third-order valence-corrected chi connectivity index (χ3v) is 3.45. The van der Waals surface area contributed by atoms with Gasteiger partial charge in [0.1, 0.15) is 12.3 Å². The lowest BCUT2D eigenvalue weighted by molar-refractivity contribution is -0.119. The normalized spacial score (nSPS) is 14.1. The molecule has 0 radical (unpaired) electrons. The first kappa shape index (κ1) is 13.6. The summed E-state index contributed by atoms with van der Waals surface area (Å²) in [5, 5.41) is 2.74. The maximum Gasteiger partial charge on any atom is 0.251 e. The second kappa shape index (κ2) is 5.57. The van der Waals surface area contributed by atoms with Crippen molar-refractivity contribution in [3.05, 3.63) is 52.9 Å². The van der Waals surface area contributed by atoms with Crippen LogP contribution in [-0.2, 0) is 9.59 Å². The summed E-state index contributed by atoms with van der Waals surface area (Å²) in [5.41, 5.74) is 1.32. The number of para-hydroxylation sites is 2. The van der Waals surface area contributed by atoms with Crippen LogP contribution < -0.4 is 10.2 Å². The topological polar surface area (TPSA) is 62.6 Å². The number of benzene rings is 1. The van der Waals surface area contributed by atoms with Crippen LogP contribution in [-0.4, -0.2) is 18.4 Å². The lowest BCUT2D eigenvalue weighted by Gasteiger charge is -2.28. The third kappa shape index (κ3) is 2.90. The zero-order valence-corrected chi connectivity index (χ0v) is 12.5. The Labute approximate surface area is 129 Å². The van der Waals surface area contributed by atoms with E-state index in [1.807, 2.05) is 12.1 Å². The fraction of sp³-hybridized carbons (Fsp3) is 0.0667. The monoisotopic (exact) mass is 346 g/mol. The van der Waals surface area contributed by atoms with Gasteiger partial charge in [0.15, 0.2) is 4.67 Å². The van der Waals surface area contributed by atoms with E-state index in [1.54, 1.807) is 30.3 Å². The van der Waals surface area contributed by atoms with E-state index < -0.39 is 0 Å². The Balaban J connectivity index is 1.85. The highest BCUT2D eigenvalue weighted by atomic mass is 79.9. The minimum atomic E-state index is -0.273. The maximum absolute atomic E-state index is 12.3. The van der Waals surface area contributed by atoms with E-state index in [9.17, 15) is 9.59 Å². The minimum Gasteiger partial charge on any atom is -0.450 e. The highest BCUT2D eigenvalue weighted by Crippen LogP contribution is 2.29. The number of amides is 2. The first-order chi connectivity index (χ1) is 10.1. The molecule has 0 fully saturated rings. The standard InChI is InChI=1S/C15H11BrN2O3/c16-13-7-5-10(21-13)6-8-15(20)18-9-14(19)17-11-3-1-2-4-12(11)18/h1-8H,9H2,(H,17,19). The SMILES string of the molecule is O=C1CN(C(=O)C=Cc2ccc(Br)o2)c2ccccc2N1. The molecule has 0 spiro atoms. The molecule has 2 heterocycles. The lowest BCUT2D eigenvalue weighted by atomic mass is 10.2. The van der Waals surface area contributed by atoms with Crippen LogP contribution in [0, 0.1) is 0 Å². The van der Waals surface area contributed by atoms with E-state index in [1.165, 1.54) is 11.0 Å². The molecule has 0 saturated heterocycles. The number of anilines is 2. The summed E-state index contributed by atoms with van der Waals surface area (Å²) in [6, 6.07) is 10.7. The maximum atomic E-state index is 12.3. The van der Waals surface area contributed by atoms with Crippen molar-refractivity contribution in [1.82, 2.24) is 0 Å². The van der Waals surface area contributed by atoms with Gasteiger partial charge in [-0.3, -0.25) is 14.5 Å². The Morgan fingerprint density at radius 1 is 1.29 bits per heavy atom. The van der Waals surface area contributed by atoms with Gasteiger partial charge in [-0.25, -0.2) is 0 Å². The van der Waals surface area contributed by atoms with Crippen molar-refractivity contribution >= 4 is 45.2 Å². The summed E-state index contributed by atoms with van der Waals surface area (Å²) in [7, 11) is 0. The fourth-order valence-electron chi connectivity index (χ4n) is 2.09.